The van der Waals surface area contributed by atoms with Gasteiger partial charge in [0.25, 0.3) is 5.91 Å². The van der Waals surface area contributed by atoms with Crippen LogP contribution in [0.2, 0.25) is 0 Å². The van der Waals surface area contributed by atoms with Gasteiger partial charge >= 0.3 is 6.03 Å². The maximum absolute atomic E-state index is 11.8. The third-order valence-corrected chi connectivity index (χ3v) is 3.75. The van der Waals surface area contributed by atoms with Gasteiger partial charge in [0.1, 0.15) is 6.04 Å². The van der Waals surface area contributed by atoms with E-state index >= 15 is 0 Å². The Kier molecular flexibility index (Phi) is 5.36. The highest BCUT2D eigenvalue weighted by molar-refractivity contribution is 6.04. The molecule has 1 saturated heterocycles. The standard InChI is InChI=1S/C15H23N5O3/c1-9(8-20-11(3)6-10(2)19-20)7-16-13(21)5-4-12-14(22)18-15(23)17-12/h6,9,12H,4-5,7-8H2,1-3H3,(H,16,21)(H2,17,18,22,23)/t9-,12+/m1/s1. The molecule has 0 saturated carbocycles. The first-order valence-corrected chi connectivity index (χ1v) is 7.74. The Labute approximate surface area is 135 Å². The highest BCUT2D eigenvalue weighted by Crippen LogP contribution is 2.06. The van der Waals surface area contributed by atoms with Gasteiger partial charge in [-0.05, 0) is 32.3 Å². The van der Waals surface area contributed by atoms with E-state index in [1.165, 1.54) is 0 Å². The predicted octanol–water partition coefficient (Wildman–Crippen LogP) is 0.240. The van der Waals surface area contributed by atoms with Gasteiger partial charge in [0.05, 0.1) is 5.69 Å². The van der Waals surface area contributed by atoms with Crippen LogP contribution in [0.4, 0.5) is 4.79 Å². The zero-order valence-corrected chi connectivity index (χ0v) is 13.7. The Morgan fingerprint density at radius 2 is 2.17 bits per heavy atom. The Hall–Kier alpha value is -2.38. The molecule has 0 radical (unpaired) electrons. The summed E-state index contributed by atoms with van der Waals surface area (Å²) in [6.07, 6.45) is 0.500. The SMILES string of the molecule is Cc1cc(C)n(C[C@H](C)CNC(=O)CC[C@@H]2NC(=O)NC2=O)n1. The fourth-order valence-electron chi connectivity index (χ4n) is 2.53. The average Bonchev–Trinajstić information content (AvgIpc) is 2.95. The van der Waals surface area contributed by atoms with Crippen LogP contribution in [0.5, 0.6) is 0 Å². The van der Waals surface area contributed by atoms with Crippen molar-refractivity contribution < 1.29 is 14.4 Å². The maximum atomic E-state index is 11.8. The molecule has 4 amide bonds. The zero-order valence-electron chi connectivity index (χ0n) is 13.7. The van der Waals surface area contributed by atoms with Crippen molar-refractivity contribution in [1.82, 2.24) is 25.7 Å². The van der Waals surface area contributed by atoms with Crippen molar-refractivity contribution in [3.05, 3.63) is 17.5 Å². The second-order valence-electron chi connectivity index (χ2n) is 6.07. The van der Waals surface area contributed by atoms with Gasteiger partial charge in [0.2, 0.25) is 5.91 Å². The monoisotopic (exact) mass is 321 g/mol. The number of aryl methyl sites for hydroxylation is 2. The minimum absolute atomic E-state index is 0.126. The Morgan fingerprint density at radius 1 is 1.43 bits per heavy atom. The Balaban J connectivity index is 1.68. The van der Waals surface area contributed by atoms with E-state index in [0.29, 0.717) is 13.0 Å². The van der Waals surface area contributed by atoms with Gasteiger partial charge in [0.15, 0.2) is 0 Å². The number of hydrogen-bond acceptors (Lipinski definition) is 4. The minimum Gasteiger partial charge on any atom is -0.356 e. The lowest BCUT2D eigenvalue weighted by Crippen LogP contribution is -2.34. The van der Waals surface area contributed by atoms with E-state index in [1.807, 2.05) is 31.5 Å². The lowest BCUT2D eigenvalue weighted by atomic mass is 10.1. The van der Waals surface area contributed by atoms with Crippen molar-refractivity contribution in [2.75, 3.05) is 6.54 Å². The second-order valence-corrected chi connectivity index (χ2v) is 6.07. The van der Waals surface area contributed by atoms with E-state index in [1.54, 1.807) is 0 Å². The molecule has 23 heavy (non-hydrogen) atoms. The molecule has 1 fully saturated rings. The first-order chi connectivity index (χ1) is 10.8. The quantitative estimate of drug-likeness (QED) is 0.626. The molecular formula is C15H23N5O3. The number of imide groups is 1. The van der Waals surface area contributed by atoms with E-state index in [9.17, 15) is 14.4 Å². The van der Waals surface area contributed by atoms with E-state index in [2.05, 4.69) is 21.0 Å². The number of aromatic nitrogens is 2. The number of hydrogen-bond donors (Lipinski definition) is 3. The van der Waals surface area contributed by atoms with E-state index in [-0.39, 0.29) is 24.2 Å². The molecule has 2 rings (SSSR count). The van der Waals surface area contributed by atoms with Crippen molar-refractivity contribution >= 4 is 17.8 Å². The number of nitrogens with zero attached hydrogens (tertiary/aromatic N) is 2. The molecule has 0 aliphatic carbocycles. The van der Waals surface area contributed by atoms with Gasteiger partial charge in [-0.1, -0.05) is 6.92 Å². The van der Waals surface area contributed by atoms with Crippen molar-refractivity contribution in [3.63, 3.8) is 0 Å². The molecule has 3 N–H and O–H groups in total. The molecule has 0 unspecified atom stereocenters. The molecule has 0 aromatic carbocycles. The summed E-state index contributed by atoms with van der Waals surface area (Å²) in [5.41, 5.74) is 2.08. The number of carbonyl (C=O) groups excluding carboxylic acids is 3. The summed E-state index contributed by atoms with van der Waals surface area (Å²) in [4.78, 5) is 34.2. The van der Waals surface area contributed by atoms with Crippen LogP contribution >= 0.6 is 0 Å². The van der Waals surface area contributed by atoms with Gasteiger partial charge in [0, 0.05) is 25.2 Å². The van der Waals surface area contributed by atoms with E-state index < -0.39 is 12.1 Å². The summed E-state index contributed by atoms with van der Waals surface area (Å²) in [6, 6.07) is 0.908. The summed E-state index contributed by atoms with van der Waals surface area (Å²) < 4.78 is 1.94. The van der Waals surface area contributed by atoms with Crippen LogP contribution in [0.1, 0.15) is 31.2 Å². The first-order valence-electron chi connectivity index (χ1n) is 7.74. The fraction of sp³-hybridized carbons (Fsp3) is 0.600. The zero-order chi connectivity index (χ0) is 17.0. The largest absolute Gasteiger partial charge is 0.356 e. The van der Waals surface area contributed by atoms with Crippen LogP contribution in [-0.4, -0.2) is 40.2 Å². The molecule has 1 aromatic heterocycles. The summed E-state index contributed by atoms with van der Waals surface area (Å²) in [5.74, 6) is -0.258. The average molecular weight is 321 g/mol. The summed E-state index contributed by atoms with van der Waals surface area (Å²) >= 11 is 0. The number of amides is 4. The molecule has 8 heteroatoms. The molecular weight excluding hydrogens is 298 g/mol. The predicted molar refractivity (Wildman–Crippen MR) is 83.6 cm³/mol. The van der Waals surface area contributed by atoms with Crippen molar-refractivity contribution in [2.24, 2.45) is 5.92 Å². The highest BCUT2D eigenvalue weighted by Gasteiger charge is 2.29. The van der Waals surface area contributed by atoms with Crippen LogP contribution < -0.4 is 16.0 Å². The fourth-order valence-corrected chi connectivity index (χ4v) is 2.53. The van der Waals surface area contributed by atoms with Crippen LogP contribution in [0.25, 0.3) is 0 Å². The maximum Gasteiger partial charge on any atom is 0.322 e. The van der Waals surface area contributed by atoms with Gasteiger partial charge < -0.3 is 10.6 Å². The third-order valence-electron chi connectivity index (χ3n) is 3.75. The highest BCUT2D eigenvalue weighted by atomic mass is 16.2. The molecule has 126 valence electrons. The second kappa shape index (κ2) is 7.26. The van der Waals surface area contributed by atoms with Crippen molar-refractivity contribution in [2.45, 2.75) is 46.2 Å². The van der Waals surface area contributed by atoms with Gasteiger partial charge in [-0.25, -0.2) is 4.79 Å². The molecule has 1 aliphatic heterocycles. The van der Waals surface area contributed by atoms with Crippen LogP contribution in [-0.2, 0) is 16.1 Å². The third kappa shape index (κ3) is 4.80. The van der Waals surface area contributed by atoms with Crippen molar-refractivity contribution in [1.29, 1.82) is 0 Å². The first kappa shape index (κ1) is 17.0. The lowest BCUT2D eigenvalue weighted by Gasteiger charge is -2.14. The van der Waals surface area contributed by atoms with Crippen LogP contribution in [0.3, 0.4) is 0 Å². The Bertz CT molecular complexity index is 610. The molecule has 0 bridgehead atoms. The molecule has 1 aliphatic rings. The minimum atomic E-state index is -0.611. The molecule has 2 heterocycles. The topological polar surface area (TPSA) is 105 Å². The van der Waals surface area contributed by atoms with Crippen molar-refractivity contribution in [3.8, 4) is 0 Å². The number of urea groups is 1. The van der Waals surface area contributed by atoms with Gasteiger partial charge in [-0.15, -0.1) is 0 Å². The summed E-state index contributed by atoms with van der Waals surface area (Å²) in [5, 5.41) is 11.9. The van der Waals surface area contributed by atoms with Crippen LogP contribution in [0.15, 0.2) is 6.07 Å². The summed E-state index contributed by atoms with van der Waals surface area (Å²) in [7, 11) is 0. The molecule has 8 nitrogen and oxygen atoms in total. The normalized spacial score (nSPS) is 18.5. The van der Waals surface area contributed by atoms with Gasteiger partial charge in [-0.2, -0.15) is 5.10 Å². The molecule has 2 atom stereocenters. The van der Waals surface area contributed by atoms with Gasteiger partial charge in [-0.3, -0.25) is 19.6 Å². The number of nitrogens with one attached hydrogen (secondary N) is 3. The lowest BCUT2D eigenvalue weighted by molar-refractivity contribution is -0.122. The Morgan fingerprint density at radius 3 is 2.74 bits per heavy atom. The molecule has 0 spiro atoms. The van der Waals surface area contributed by atoms with E-state index in [4.69, 9.17) is 0 Å². The summed E-state index contributed by atoms with van der Waals surface area (Å²) in [6.45, 7) is 7.28. The van der Waals surface area contributed by atoms with Crippen LogP contribution in [0, 0.1) is 19.8 Å². The number of rotatable bonds is 7. The smallest absolute Gasteiger partial charge is 0.322 e. The van der Waals surface area contributed by atoms with E-state index in [0.717, 1.165) is 17.9 Å². The molecule has 1 aromatic rings. The number of carbonyl (C=O) groups is 3.